The van der Waals surface area contributed by atoms with Crippen molar-refractivity contribution in [2.75, 3.05) is 0 Å². The van der Waals surface area contributed by atoms with Gasteiger partial charge in [-0.1, -0.05) is 72.8 Å². The van der Waals surface area contributed by atoms with Crippen molar-refractivity contribution < 1.29 is 32.5 Å². The SMILES string of the molecule is O=C(O)Oc1cnn(-c2cccc(-c3ccccc3OCc3ccc([C@H]4C[C@@H]4c4ccccc4)cc3)n2)c1C(F)(F)F. The third-order valence-electron chi connectivity index (χ3n) is 7.14. The van der Waals surface area contributed by atoms with Crippen molar-refractivity contribution in [2.24, 2.45) is 0 Å². The molecule has 3 aromatic carbocycles. The van der Waals surface area contributed by atoms with E-state index in [9.17, 15) is 18.0 Å². The minimum atomic E-state index is -4.95. The van der Waals surface area contributed by atoms with Crippen LogP contribution in [-0.4, -0.2) is 26.0 Å². The van der Waals surface area contributed by atoms with Gasteiger partial charge in [-0.3, -0.25) is 0 Å². The number of benzene rings is 3. The van der Waals surface area contributed by atoms with Gasteiger partial charge >= 0.3 is 12.3 Å². The van der Waals surface area contributed by atoms with Crippen molar-refractivity contribution in [3.63, 3.8) is 0 Å². The summed E-state index contributed by atoms with van der Waals surface area (Å²) in [6, 6.07) is 30.5. The molecule has 1 aliphatic carbocycles. The number of ether oxygens (including phenoxy) is 2. The first-order valence-corrected chi connectivity index (χ1v) is 13.2. The highest BCUT2D eigenvalue weighted by Crippen LogP contribution is 2.54. The van der Waals surface area contributed by atoms with Crippen molar-refractivity contribution in [1.29, 1.82) is 0 Å². The highest BCUT2D eigenvalue weighted by Gasteiger charge is 2.41. The van der Waals surface area contributed by atoms with Crippen LogP contribution in [0.25, 0.3) is 17.1 Å². The standard InChI is InChI=1S/C32H24F3N3O4/c33-32(34,35)30-28(42-31(39)40)18-36-38(30)29-12-6-10-26(37-29)23-9-4-5-11-27(23)41-19-20-13-15-22(16-14-20)25-17-24(25)21-7-2-1-3-8-21/h1-16,18,24-25H,17,19H2,(H,39,40)/t24-,25-/m1/s1. The van der Waals surface area contributed by atoms with E-state index >= 15 is 0 Å². The van der Waals surface area contributed by atoms with Crippen LogP contribution in [0.5, 0.6) is 11.5 Å². The smallest absolute Gasteiger partial charge is 0.488 e. The lowest BCUT2D eigenvalue weighted by atomic mass is 10.0. The van der Waals surface area contributed by atoms with Gasteiger partial charge in [-0.15, -0.1) is 0 Å². The third-order valence-corrected chi connectivity index (χ3v) is 7.14. The average molecular weight is 572 g/mol. The number of hydrogen-bond donors (Lipinski definition) is 1. The summed E-state index contributed by atoms with van der Waals surface area (Å²) in [6.45, 7) is 0.289. The highest BCUT2D eigenvalue weighted by atomic mass is 19.4. The zero-order valence-corrected chi connectivity index (χ0v) is 22.0. The topological polar surface area (TPSA) is 86.5 Å². The number of halogens is 3. The molecule has 0 amide bonds. The van der Waals surface area contributed by atoms with Crippen LogP contribution >= 0.6 is 0 Å². The van der Waals surface area contributed by atoms with E-state index < -0.39 is 23.8 Å². The Kier molecular flexibility index (Phi) is 7.12. The second-order valence-electron chi connectivity index (χ2n) is 9.90. The van der Waals surface area contributed by atoms with Crippen LogP contribution in [0.2, 0.25) is 0 Å². The second-order valence-corrected chi connectivity index (χ2v) is 9.90. The molecule has 1 aliphatic rings. The normalized spacial score (nSPS) is 16.2. The summed E-state index contributed by atoms with van der Waals surface area (Å²) in [5, 5.41) is 12.5. The van der Waals surface area contributed by atoms with Gasteiger partial charge in [0.2, 0.25) is 0 Å². The Labute approximate surface area is 238 Å². The number of nitrogens with zero attached hydrogens (tertiary/aromatic N) is 3. The zero-order chi connectivity index (χ0) is 29.3. The molecule has 10 heteroatoms. The molecule has 1 saturated carbocycles. The third kappa shape index (κ3) is 5.69. The molecular formula is C32H24F3N3O4. The Morgan fingerprint density at radius 1 is 0.857 bits per heavy atom. The van der Waals surface area contributed by atoms with Crippen LogP contribution in [0, 0.1) is 0 Å². The van der Waals surface area contributed by atoms with E-state index in [4.69, 9.17) is 9.84 Å². The molecule has 2 aromatic heterocycles. The van der Waals surface area contributed by atoms with E-state index in [0.29, 0.717) is 39.7 Å². The highest BCUT2D eigenvalue weighted by molar-refractivity contribution is 5.68. The molecule has 212 valence electrons. The van der Waals surface area contributed by atoms with Gasteiger partial charge in [-0.2, -0.15) is 18.3 Å². The van der Waals surface area contributed by atoms with Gasteiger partial charge in [0.1, 0.15) is 12.4 Å². The van der Waals surface area contributed by atoms with Crippen LogP contribution in [-0.2, 0) is 12.8 Å². The summed E-state index contributed by atoms with van der Waals surface area (Å²) < 4.78 is 52.4. The number of pyridine rings is 1. The van der Waals surface area contributed by atoms with E-state index in [1.807, 2.05) is 18.2 Å². The largest absolute Gasteiger partial charge is 0.511 e. The maximum atomic E-state index is 13.8. The Morgan fingerprint density at radius 3 is 2.26 bits per heavy atom. The fourth-order valence-electron chi connectivity index (χ4n) is 5.09. The molecular weight excluding hydrogens is 547 g/mol. The van der Waals surface area contributed by atoms with Crippen LogP contribution in [0.15, 0.2) is 103 Å². The Morgan fingerprint density at radius 2 is 1.55 bits per heavy atom. The molecule has 0 saturated heterocycles. The minimum absolute atomic E-state index is 0.167. The summed E-state index contributed by atoms with van der Waals surface area (Å²) in [6.07, 6.45) is -5.00. The zero-order valence-electron chi connectivity index (χ0n) is 22.0. The predicted molar refractivity (Wildman–Crippen MR) is 148 cm³/mol. The quantitative estimate of drug-likeness (QED) is 0.191. The summed E-state index contributed by atoms with van der Waals surface area (Å²) in [5.74, 6) is 0.465. The fraction of sp³-hybridized carbons (Fsp3) is 0.156. The van der Waals surface area contributed by atoms with Gasteiger partial charge in [-0.25, -0.2) is 14.5 Å². The van der Waals surface area contributed by atoms with E-state index in [0.717, 1.165) is 12.0 Å². The van der Waals surface area contributed by atoms with Crippen LogP contribution in [0.3, 0.4) is 0 Å². The Balaban J connectivity index is 1.20. The molecule has 1 fully saturated rings. The molecule has 7 nitrogen and oxygen atoms in total. The van der Waals surface area contributed by atoms with E-state index in [-0.39, 0.29) is 12.4 Å². The molecule has 0 spiro atoms. The molecule has 5 aromatic rings. The first-order chi connectivity index (χ1) is 20.3. The lowest BCUT2D eigenvalue weighted by Gasteiger charge is -2.14. The molecule has 0 aliphatic heterocycles. The molecule has 0 unspecified atom stereocenters. The van der Waals surface area contributed by atoms with Crippen molar-refractivity contribution in [1.82, 2.24) is 14.8 Å². The Hall–Kier alpha value is -5.12. The van der Waals surface area contributed by atoms with Crippen molar-refractivity contribution in [2.45, 2.75) is 31.0 Å². The maximum absolute atomic E-state index is 13.8. The maximum Gasteiger partial charge on any atom is 0.511 e. The number of hydrogen-bond acceptors (Lipinski definition) is 5. The first-order valence-electron chi connectivity index (χ1n) is 13.2. The molecule has 2 heterocycles. The van der Waals surface area contributed by atoms with E-state index in [1.165, 1.54) is 23.3 Å². The number of alkyl halides is 3. The van der Waals surface area contributed by atoms with Gasteiger partial charge in [0.25, 0.3) is 0 Å². The lowest BCUT2D eigenvalue weighted by molar-refractivity contribution is -0.143. The van der Waals surface area contributed by atoms with Gasteiger partial charge in [0.05, 0.1) is 11.9 Å². The molecule has 1 N–H and O–H groups in total. The second kappa shape index (κ2) is 11.0. The van der Waals surface area contributed by atoms with Crippen LogP contribution in [0.4, 0.5) is 18.0 Å². The van der Waals surface area contributed by atoms with Gasteiger partial charge < -0.3 is 14.6 Å². The molecule has 42 heavy (non-hydrogen) atoms. The van der Waals surface area contributed by atoms with Crippen molar-refractivity contribution in [3.05, 3.63) is 126 Å². The fourth-order valence-corrected chi connectivity index (χ4v) is 5.09. The van der Waals surface area contributed by atoms with Crippen LogP contribution < -0.4 is 9.47 Å². The first kappa shape index (κ1) is 27.1. The summed E-state index contributed by atoms with van der Waals surface area (Å²) in [4.78, 5) is 15.3. The van der Waals surface area contributed by atoms with Gasteiger partial charge in [-0.05, 0) is 59.2 Å². The number of carbonyl (C=O) groups is 1. The van der Waals surface area contributed by atoms with Crippen LogP contribution in [0.1, 0.15) is 40.6 Å². The minimum Gasteiger partial charge on any atom is -0.488 e. The molecule has 0 radical (unpaired) electrons. The number of aromatic nitrogens is 3. The average Bonchev–Trinajstić information content (AvgIpc) is 3.68. The van der Waals surface area contributed by atoms with Gasteiger partial charge in [0, 0.05) is 5.56 Å². The van der Waals surface area contributed by atoms with E-state index in [1.54, 1.807) is 30.3 Å². The molecule has 0 bridgehead atoms. The molecule has 6 rings (SSSR count). The Bertz CT molecular complexity index is 1720. The summed E-state index contributed by atoms with van der Waals surface area (Å²) in [7, 11) is 0. The van der Waals surface area contributed by atoms with Crippen molar-refractivity contribution in [3.8, 4) is 28.6 Å². The number of para-hydroxylation sites is 1. The lowest BCUT2D eigenvalue weighted by Crippen LogP contribution is -2.17. The summed E-state index contributed by atoms with van der Waals surface area (Å²) in [5.41, 5.74) is 3.17. The number of carboxylic acid groups (broad SMARTS) is 1. The molecule has 2 atom stereocenters. The van der Waals surface area contributed by atoms with E-state index in [2.05, 4.69) is 51.2 Å². The monoisotopic (exact) mass is 571 g/mol. The predicted octanol–water partition coefficient (Wildman–Crippen LogP) is 7.86. The van der Waals surface area contributed by atoms with Crippen molar-refractivity contribution >= 4 is 6.16 Å². The van der Waals surface area contributed by atoms with Gasteiger partial charge in [0.15, 0.2) is 17.3 Å². The summed E-state index contributed by atoms with van der Waals surface area (Å²) >= 11 is 0. The number of rotatable bonds is 8.